The summed E-state index contributed by atoms with van der Waals surface area (Å²) in [4.78, 5) is 23.1. The van der Waals surface area contributed by atoms with Crippen molar-refractivity contribution in [1.29, 1.82) is 0 Å². The van der Waals surface area contributed by atoms with Gasteiger partial charge in [0, 0.05) is 6.61 Å². The first-order chi connectivity index (χ1) is 8.33. The number of nitrogens with one attached hydrogen (secondary N) is 1. The first-order valence-corrected chi connectivity index (χ1v) is 6.02. The Morgan fingerprint density at radius 2 is 2.00 bits per heavy atom. The Morgan fingerprint density at radius 3 is 2.56 bits per heavy atom. The van der Waals surface area contributed by atoms with Crippen LogP contribution < -0.4 is 5.32 Å². The summed E-state index contributed by atoms with van der Waals surface area (Å²) in [6, 6.07) is -0.402. The van der Waals surface area contributed by atoms with Crippen LogP contribution in [0, 0.1) is 0 Å². The highest BCUT2D eigenvalue weighted by Crippen LogP contribution is 2.16. The van der Waals surface area contributed by atoms with Crippen LogP contribution in [0.3, 0.4) is 0 Å². The molecular weight excluding hydrogens is 238 g/mol. The molecule has 0 radical (unpaired) electrons. The van der Waals surface area contributed by atoms with Crippen molar-refractivity contribution < 1.29 is 23.8 Å². The lowest BCUT2D eigenvalue weighted by atomic mass is 10.0. The number of rotatable bonds is 2. The third kappa shape index (κ3) is 4.52. The number of hydrogen-bond donors (Lipinski definition) is 1. The molecule has 1 saturated heterocycles. The number of hydrogen-bond acceptors (Lipinski definition) is 5. The average Bonchev–Trinajstić information content (AvgIpc) is 2.26. The SMILES string of the molecule is COC(=O)[C@@H]1OCCCC1NC(=O)OC(C)(C)C. The standard InChI is InChI=1S/C12H21NO5/c1-12(2,3)18-11(15)13-8-6-5-7-17-9(8)10(14)16-4/h8-9H,5-7H2,1-4H3,(H,13,15)/t8?,9-/m1/s1. The maximum absolute atomic E-state index is 11.6. The minimum Gasteiger partial charge on any atom is -0.467 e. The highest BCUT2D eigenvalue weighted by Gasteiger charge is 2.34. The molecule has 0 aromatic heterocycles. The van der Waals surface area contributed by atoms with Crippen LogP contribution in [-0.4, -0.2) is 43.5 Å². The first-order valence-electron chi connectivity index (χ1n) is 6.02. The summed E-state index contributed by atoms with van der Waals surface area (Å²) in [5.41, 5.74) is -0.569. The number of ether oxygens (including phenoxy) is 3. The number of esters is 1. The van der Waals surface area contributed by atoms with Crippen molar-refractivity contribution in [2.24, 2.45) is 0 Å². The Labute approximate surface area is 107 Å². The fraction of sp³-hybridized carbons (Fsp3) is 0.833. The van der Waals surface area contributed by atoms with Crippen LogP contribution in [0.2, 0.25) is 0 Å². The molecule has 0 aromatic carbocycles. The first kappa shape index (κ1) is 14.8. The topological polar surface area (TPSA) is 73.9 Å². The molecule has 1 N–H and O–H groups in total. The molecule has 2 atom stereocenters. The summed E-state index contributed by atoms with van der Waals surface area (Å²) < 4.78 is 15.1. The minimum atomic E-state index is -0.753. The van der Waals surface area contributed by atoms with E-state index in [1.807, 2.05) is 0 Å². The maximum atomic E-state index is 11.6. The van der Waals surface area contributed by atoms with Crippen LogP contribution in [0.4, 0.5) is 4.79 Å². The second-order valence-electron chi connectivity index (χ2n) is 5.21. The van der Waals surface area contributed by atoms with E-state index in [4.69, 9.17) is 9.47 Å². The third-order valence-electron chi connectivity index (χ3n) is 2.46. The molecule has 1 fully saturated rings. The van der Waals surface area contributed by atoms with Crippen molar-refractivity contribution in [2.75, 3.05) is 13.7 Å². The van der Waals surface area contributed by atoms with E-state index in [1.54, 1.807) is 20.8 Å². The van der Waals surface area contributed by atoms with Gasteiger partial charge in [-0.25, -0.2) is 9.59 Å². The molecule has 1 heterocycles. The summed E-state index contributed by atoms with van der Waals surface area (Å²) in [5, 5.41) is 2.65. The van der Waals surface area contributed by atoms with E-state index in [1.165, 1.54) is 7.11 Å². The van der Waals surface area contributed by atoms with Crippen molar-refractivity contribution in [3.05, 3.63) is 0 Å². The highest BCUT2D eigenvalue weighted by molar-refractivity contribution is 5.77. The predicted octanol–water partition coefficient (Wildman–Crippen LogP) is 1.23. The summed E-state index contributed by atoms with van der Waals surface area (Å²) in [5.74, 6) is -0.476. The quantitative estimate of drug-likeness (QED) is 0.755. The van der Waals surface area contributed by atoms with Gasteiger partial charge in [-0.2, -0.15) is 0 Å². The van der Waals surface area contributed by atoms with Gasteiger partial charge in [0.2, 0.25) is 0 Å². The lowest BCUT2D eigenvalue weighted by Crippen LogP contribution is -2.52. The van der Waals surface area contributed by atoms with Gasteiger partial charge < -0.3 is 19.5 Å². The monoisotopic (exact) mass is 259 g/mol. The van der Waals surface area contributed by atoms with Crippen molar-refractivity contribution >= 4 is 12.1 Å². The van der Waals surface area contributed by atoms with E-state index in [0.29, 0.717) is 13.0 Å². The van der Waals surface area contributed by atoms with Gasteiger partial charge in [-0.15, -0.1) is 0 Å². The van der Waals surface area contributed by atoms with Gasteiger partial charge in [0.1, 0.15) is 5.60 Å². The van der Waals surface area contributed by atoms with Crippen molar-refractivity contribution in [1.82, 2.24) is 5.32 Å². The zero-order valence-corrected chi connectivity index (χ0v) is 11.3. The smallest absolute Gasteiger partial charge is 0.407 e. The third-order valence-corrected chi connectivity index (χ3v) is 2.46. The Hall–Kier alpha value is -1.30. The second kappa shape index (κ2) is 6.04. The Bertz CT molecular complexity index is 310. The van der Waals surface area contributed by atoms with Crippen molar-refractivity contribution in [3.8, 4) is 0 Å². The van der Waals surface area contributed by atoms with E-state index in [-0.39, 0.29) is 0 Å². The zero-order valence-electron chi connectivity index (χ0n) is 11.3. The van der Waals surface area contributed by atoms with E-state index >= 15 is 0 Å². The molecule has 0 aliphatic carbocycles. The summed E-state index contributed by atoms with van der Waals surface area (Å²) >= 11 is 0. The van der Waals surface area contributed by atoms with Crippen LogP contribution in [0.15, 0.2) is 0 Å². The molecule has 1 aliphatic heterocycles. The molecule has 0 aromatic rings. The van der Waals surface area contributed by atoms with E-state index in [0.717, 1.165) is 6.42 Å². The van der Waals surface area contributed by atoms with Gasteiger partial charge in [0.05, 0.1) is 13.2 Å². The van der Waals surface area contributed by atoms with Crippen LogP contribution >= 0.6 is 0 Å². The molecule has 0 bridgehead atoms. The van der Waals surface area contributed by atoms with Crippen LogP contribution in [0.25, 0.3) is 0 Å². The molecule has 104 valence electrons. The Balaban J connectivity index is 2.57. The van der Waals surface area contributed by atoms with Crippen molar-refractivity contribution in [3.63, 3.8) is 0 Å². The summed E-state index contributed by atoms with van der Waals surface area (Å²) in [6.45, 7) is 5.83. The molecule has 0 spiro atoms. The molecular formula is C12H21NO5. The maximum Gasteiger partial charge on any atom is 0.407 e. The minimum absolute atomic E-state index is 0.402. The number of alkyl carbamates (subject to hydrolysis) is 1. The van der Waals surface area contributed by atoms with Gasteiger partial charge in [-0.05, 0) is 33.6 Å². The Morgan fingerprint density at radius 1 is 1.33 bits per heavy atom. The molecule has 18 heavy (non-hydrogen) atoms. The molecule has 0 saturated carbocycles. The number of amides is 1. The van der Waals surface area contributed by atoms with E-state index in [9.17, 15) is 9.59 Å². The molecule has 1 rings (SSSR count). The van der Waals surface area contributed by atoms with Gasteiger partial charge in [0.25, 0.3) is 0 Å². The van der Waals surface area contributed by atoms with E-state index < -0.39 is 29.8 Å². The van der Waals surface area contributed by atoms with Gasteiger partial charge in [-0.1, -0.05) is 0 Å². The number of carbonyl (C=O) groups is 2. The summed E-state index contributed by atoms with van der Waals surface area (Å²) in [7, 11) is 1.30. The number of methoxy groups -OCH3 is 1. The van der Waals surface area contributed by atoms with E-state index in [2.05, 4.69) is 10.1 Å². The van der Waals surface area contributed by atoms with Gasteiger partial charge >= 0.3 is 12.1 Å². The fourth-order valence-corrected chi connectivity index (χ4v) is 1.74. The lowest BCUT2D eigenvalue weighted by Gasteiger charge is -2.31. The molecule has 1 unspecified atom stereocenters. The summed E-state index contributed by atoms with van der Waals surface area (Å²) in [6.07, 6.45) is 0.149. The lowest BCUT2D eigenvalue weighted by molar-refractivity contribution is -0.159. The van der Waals surface area contributed by atoms with Crippen LogP contribution in [0.5, 0.6) is 0 Å². The zero-order chi connectivity index (χ0) is 13.8. The fourth-order valence-electron chi connectivity index (χ4n) is 1.74. The molecule has 1 aliphatic rings. The largest absolute Gasteiger partial charge is 0.467 e. The Kier molecular flexibility index (Phi) is 4.95. The molecule has 1 amide bonds. The normalized spacial score (nSPS) is 24.2. The van der Waals surface area contributed by atoms with Gasteiger partial charge in [-0.3, -0.25) is 0 Å². The van der Waals surface area contributed by atoms with Gasteiger partial charge in [0.15, 0.2) is 6.10 Å². The van der Waals surface area contributed by atoms with Crippen LogP contribution in [0.1, 0.15) is 33.6 Å². The highest BCUT2D eigenvalue weighted by atomic mass is 16.6. The molecule has 6 heteroatoms. The van der Waals surface area contributed by atoms with Crippen LogP contribution in [-0.2, 0) is 19.0 Å². The average molecular weight is 259 g/mol. The second-order valence-corrected chi connectivity index (χ2v) is 5.21. The van der Waals surface area contributed by atoms with Crippen molar-refractivity contribution in [2.45, 2.75) is 51.4 Å². The molecule has 6 nitrogen and oxygen atoms in total. The number of carbonyl (C=O) groups excluding carboxylic acids is 2. The predicted molar refractivity (Wildman–Crippen MR) is 64.1 cm³/mol.